The number of hydrogen-bond acceptors (Lipinski definition) is 3. The third kappa shape index (κ3) is 4.17. The van der Waals surface area contributed by atoms with Crippen LogP contribution in [0.3, 0.4) is 0 Å². The first-order valence-electron chi connectivity index (χ1n) is 8.53. The first kappa shape index (κ1) is 16.6. The van der Waals surface area contributed by atoms with Gasteiger partial charge in [0.25, 0.3) is 0 Å². The zero-order chi connectivity index (χ0) is 16.8. The SMILES string of the molecule is O=C(NCC[C@@H](c1ccccc1)c1ccco1)N1CCC(O)CC1. The predicted molar refractivity (Wildman–Crippen MR) is 91.8 cm³/mol. The Morgan fingerprint density at radius 1 is 1.21 bits per heavy atom. The third-order valence-corrected chi connectivity index (χ3v) is 4.55. The molecule has 128 valence electrons. The van der Waals surface area contributed by atoms with Crippen LogP contribution >= 0.6 is 0 Å². The summed E-state index contributed by atoms with van der Waals surface area (Å²) in [6, 6.07) is 14.0. The minimum atomic E-state index is -0.268. The van der Waals surface area contributed by atoms with Gasteiger partial charge in [0.05, 0.1) is 12.4 Å². The highest BCUT2D eigenvalue weighted by Gasteiger charge is 2.22. The van der Waals surface area contributed by atoms with Gasteiger partial charge in [0.1, 0.15) is 5.76 Å². The Morgan fingerprint density at radius 3 is 2.62 bits per heavy atom. The van der Waals surface area contributed by atoms with Gasteiger partial charge in [-0.3, -0.25) is 0 Å². The fourth-order valence-electron chi connectivity index (χ4n) is 3.15. The first-order valence-corrected chi connectivity index (χ1v) is 8.53. The van der Waals surface area contributed by atoms with E-state index >= 15 is 0 Å². The number of aliphatic hydroxyl groups is 1. The maximum atomic E-state index is 12.2. The normalized spacial score (nSPS) is 16.8. The van der Waals surface area contributed by atoms with E-state index in [1.807, 2.05) is 30.3 Å². The number of carbonyl (C=O) groups is 1. The van der Waals surface area contributed by atoms with Crippen LogP contribution in [0.15, 0.2) is 53.1 Å². The van der Waals surface area contributed by atoms with Crippen molar-refractivity contribution < 1.29 is 14.3 Å². The van der Waals surface area contributed by atoms with Crippen molar-refractivity contribution in [1.82, 2.24) is 10.2 Å². The summed E-state index contributed by atoms with van der Waals surface area (Å²) in [7, 11) is 0. The summed E-state index contributed by atoms with van der Waals surface area (Å²) < 4.78 is 5.58. The summed E-state index contributed by atoms with van der Waals surface area (Å²) in [6.07, 6.45) is 3.51. The van der Waals surface area contributed by atoms with E-state index in [0.717, 1.165) is 12.2 Å². The second-order valence-electron chi connectivity index (χ2n) is 6.22. The summed E-state index contributed by atoms with van der Waals surface area (Å²) in [4.78, 5) is 14.0. The molecule has 0 spiro atoms. The van der Waals surface area contributed by atoms with E-state index in [2.05, 4.69) is 17.4 Å². The van der Waals surface area contributed by atoms with Crippen LogP contribution in [0, 0.1) is 0 Å². The molecule has 0 aliphatic carbocycles. The number of nitrogens with zero attached hydrogens (tertiary/aromatic N) is 1. The van der Waals surface area contributed by atoms with Crippen molar-refractivity contribution in [3.8, 4) is 0 Å². The van der Waals surface area contributed by atoms with E-state index in [1.54, 1.807) is 11.2 Å². The molecule has 24 heavy (non-hydrogen) atoms. The summed E-state index contributed by atoms with van der Waals surface area (Å²) in [5.74, 6) is 1.04. The van der Waals surface area contributed by atoms with E-state index in [1.165, 1.54) is 5.56 Å². The standard InChI is InChI=1S/C19H24N2O3/c22-16-9-12-21(13-10-16)19(23)20-11-8-17(18-7-4-14-24-18)15-5-2-1-3-6-15/h1-7,14,16-17,22H,8-13H2,(H,20,23)/t17-/m0/s1. The van der Waals surface area contributed by atoms with Crippen LogP contribution in [0.2, 0.25) is 0 Å². The molecule has 0 unspecified atom stereocenters. The molecule has 1 aliphatic rings. The number of carbonyl (C=O) groups excluding carboxylic acids is 1. The van der Waals surface area contributed by atoms with Gasteiger partial charge in [-0.2, -0.15) is 0 Å². The van der Waals surface area contributed by atoms with Gasteiger partial charge in [-0.05, 0) is 37.0 Å². The lowest BCUT2D eigenvalue weighted by Gasteiger charge is -2.29. The highest BCUT2D eigenvalue weighted by molar-refractivity contribution is 5.74. The van der Waals surface area contributed by atoms with Crippen molar-refractivity contribution in [2.24, 2.45) is 0 Å². The van der Waals surface area contributed by atoms with Crippen LogP contribution in [-0.2, 0) is 0 Å². The number of piperidine rings is 1. The van der Waals surface area contributed by atoms with Gasteiger partial charge in [-0.15, -0.1) is 0 Å². The molecule has 1 atom stereocenters. The molecular weight excluding hydrogens is 304 g/mol. The maximum Gasteiger partial charge on any atom is 0.317 e. The monoisotopic (exact) mass is 328 g/mol. The number of likely N-dealkylation sites (tertiary alicyclic amines) is 1. The van der Waals surface area contributed by atoms with Crippen LogP contribution in [0.1, 0.15) is 36.5 Å². The highest BCUT2D eigenvalue weighted by Crippen LogP contribution is 2.27. The zero-order valence-corrected chi connectivity index (χ0v) is 13.7. The minimum Gasteiger partial charge on any atom is -0.469 e. The summed E-state index contributed by atoms with van der Waals surface area (Å²) >= 11 is 0. The van der Waals surface area contributed by atoms with Gasteiger partial charge in [-0.1, -0.05) is 30.3 Å². The quantitative estimate of drug-likeness (QED) is 0.887. The average molecular weight is 328 g/mol. The number of hydrogen-bond donors (Lipinski definition) is 2. The Bertz CT molecular complexity index is 619. The van der Waals surface area contributed by atoms with Gasteiger partial charge in [0, 0.05) is 25.6 Å². The fraction of sp³-hybridized carbons (Fsp3) is 0.421. The third-order valence-electron chi connectivity index (χ3n) is 4.55. The molecule has 3 rings (SSSR count). The highest BCUT2D eigenvalue weighted by atomic mass is 16.3. The lowest BCUT2D eigenvalue weighted by Crippen LogP contribution is -2.45. The molecular formula is C19H24N2O3. The number of aliphatic hydroxyl groups excluding tert-OH is 1. The van der Waals surface area contributed by atoms with E-state index in [9.17, 15) is 9.90 Å². The van der Waals surface area contributed by atoms with Crippen molar-refractivity contribution in [2.75, 3.05) is 19.6 Å². The molecule has 0 bridgehead atoms. The van der Waals surface area contributed by atoms with Gasteiger partial charge < -0.3 is 19.7 Å². The largest absolute Gasteiger partial charge is 0.469 e. The Morgan fingerprint density at radius 2 is 1.96 bits per heavy atom. The van der Waals surface area contributed by atoms with E-state index in [-0.39, 0.29) is 18.1 Å². The Hall–Kier alpha value is -2.27. The molecule has 2 N–H and O–H groups in total. The lowest BCUT2D eigenvalue weighted by atomic mass is 9.93. The molecule has 1 fully saturated rings. The topological polar surface area (TPSA) is 65.7 Å². The van der Waals surface area contributed by atoms with E-state index < -0.39 is 0 Å². The second-order valence-corrected chi connectivity index (χ2v) is 6.22. The Kier molecular flexibility index (Phi) is 5.54. The molecule has 0 saturated carbocycles. The molecule has 0 radical (unpaired) electrons. The van der Waals surface area contributed by atoms with Crippen LogP contribution in [0.25, 0.3) is 0 Å². The van der Waals surface area contributed by atoms with Gasteiger partial charge in [0.2, 0.25) is 0 Å². The van der Waals surface area contributed by atoms with Crippen LogP contribution in [0.5, 0.6) is 0 Å². The van der Waals surface area contributed by atoms with E-state index in [4.69, 9.17) is 4.42 Å². The van der Waals surface area contributed by atoms with Gasteiger partial charge in [0.15, 0.2) is 0 Å². The van der Waals surface area contributed by atoms with Crippen LogP contribution in [-0.4, -0.2) is 41.8 Å². The fourth-order valence-corrected chi connectivity index (χ4v) is 3.15. The molecule has 1 aromatic heterocycles. The average Bonchev–Trinajstić information content (AvgIpc) is 3.14. The smallest absolute Gasteiger partial charge is 0.317 e. The van der Waals surface area contributed by atoms with Crippen molar-refractivity contribution in [2.45, 2.75) is 31.3 Å². The van der Waals surface area contributed by atoms with Gasteiger partial charge >= 0.3 is 6.03 Å². The zero-order valence-electron chi connectivity index (χ0n) is 13.7. The number of furan rings is 1. The molecule has 2 amide bonds. The van der Waals surface area contributed by atoms with Crippen molar-refractivity contribution >= 4 is 6.03 Å². The Balaban J connectivity index is 1.55. The minimum absolute atomic E-state index is 0.0480. The number of nitrogens with one attached hydrogen (secondary N) is 1. The first-order chi connectivity index (χ1) is 11.7. The molecule has 1 aromatic carbocycles. The van der Waals surface area contributed by atoms with Crippen molar-refractivity contribution in [3.63, 3.8) is 0 Å². The molecule has 1 aliphatic heterocycles. The second kappa shape index (κ2) is 8.02. The number of benzene rings is 1. The predicted octanol–water partition coefficient (Wildman–Crippen LogP) is 2.97. The lowest BCUT2D eigenvalue weighted by molar-refractivity contribution is 0.0937. The molecule has 5 nitrogen and oxygen atoms in total. The van der Waals surface area contributed by atoms with Crippen molar-refractivity contribution in [3.05, 3.63) is 60.1 Å². The van der Waals surface area contributed by atoms with E-state index in [0.29, 0.717) is 32.5 Å². The number of urea groups is 1. The number of amides is 2. The van der Waals surface area contributed by atoms with Crippen LogP contribution < -0.4 is 5.32 Å². The summed E-state index contributed by atoms with van der Waals surface area (Å²) in [6.45, 7) is 1.82. The summed E-state index contributed by atoms with van der Waals surface area (Å²) in [5.41, 5.74) is 1.18. The van der Waals surface area contributed by atoms with Crippen LogP contribution in [0.4, 0.5) is 4.79 Å². The van der Waals surface area contributed by atoms with Crippen molar-refractivity contribution in [1.29, 1.82) is 0 Å². The summed E-state index contributed by atoms with van der Waals surface area (Å²) in [5, 5.41) is 12.5. The molecule has 1 saturated heterocycles. The Labute approximate surface area is 142 Å². The molecule has 5 heteroatoms. The molecule has 2 heterocycles. The molecule has 2 aromatic rings. The van der Waals surface area contributed by atoms with Gasteiger partial charge in [-0.25, -0.2) is 4.79 Å². The number of rotatable bonds is 5. The maximum absolute atomic E-state index is 12.2.